The third kappa shape index (κ3) is 4.90. The van der Waals surface area contributed by atoms with Gasteiger partial charge in [-0.05, 0) is 43.2 Å². The number of hydrogen-bond acceptors (Lipinski definition) is 7. The van der Waals surface area contributed by atoms with Crippen LogP contribution in [0.4, 0.5) is 0 Å². The number of nitrogens with zero attached hydrogens (tertiary/aromatic N) is 1. The number of hydrogen-bond donors (Lipinski definition) is 2. The Morgan fingerprint density at radius 2 is 1.73 bits per heavy atom. The Balaban J connectivity index is 1.31. The van der Waals surface area contributed by atoms with Gasteiger partial charge < -0.3 is 9.47 Å². The highest BCUT2D eigenvalue weighted by molar-refractivity contribution is 6.22. The Morgan fingerprint density at radius 1 is 0.970 bits per heavy atom. The molecular formula is C23H21N3O7. The molecule has 2 aliphatic heterocycles. The molecule has 33 heavy (non-hydrogen) atoms. The maximum absolute atomic E-state index is 12.7. The molecule has 2 heterocycles. The van der Waals surface area contributed by atoms with Crippen molar-refractivity contribution in [2.75, 3.05) is 19.8 Å². The molecular weight excluding hydrogens is 430 g/mol. The maximum atomic E-state index is 12.7. The van der Waals surface area contributed by atoms with Gasteiger partial charge in [-0.25, -0.2) is 4.79 Å². The lowest BCUT2D eigenvalue weighted by molar-refractivity contribution is -0.125. The second-order valence-electron chi connectivity index (χ2n) is 7.56. The predicted octanol–water partition coefficient (Wildman–Crippen LogP) is 1.08. The van der Waals surface area contributed by atoms with E-state index in [1.54, 1.807) is 30.3 Å². The van der Waals surface area contributed by atoms with Crippen molar-refractivity contribution in [1.29, 1.82) is 0 Å². The fourth-order valence-electron chi connectivity index (χ4n) is 3.61. The molecule has 2 aromatic carbocycles. The van der Waals surface area contributed by atoms with Crippen molar-refractivity contribution < 1.29 is 33.4 Å². The molecule has 4 amide bonds. The summed E-state index contributed by atoms with van der Waals surface area (Å²) in [6, 6.07) is 12.3. The first-order chi connectivity index (χ1) is 15.9. The molecule has 4 rings (SSSR count). The van der Waals surface area contributed by atoms with Crippen molar-refractivity contribution in [2.45, 2.75) is 18.9 Å². The van der Waals surface area contributed by atoms with Gasteiger partial charge in [0.05, 0.1) is 29.3 Å². The van der Waals surface area contributed by atoms with E-state index in [1.165, 1.54) is 18.2 Å². The van der Waals surface area contributed by atoms with Crippen LogP contribution in [0.2, 0.25) is 0 Å². The summed E-state index contributed by atoms with van der Waals surface area (Å²) >= 11 is 0. The van der Waals surface area contributed by atoms with E-state index in [1.807, 2.05) is 0 Å². The summed E-state index contributed by atoms with van der Waals surface area (Å²) < 4.78 is 10.5. The second kappa shape index (κ2) is 9.61. The molecule has 0 saturated carbocycles. The van der Waals surface area contributed by atoms with E-state index in [4.69, 9.17) is 9.47 Å². The summed E-state index contributed by atoms with van der Waals surface area (Å²) in [6.45, 7) is 0.122. The molecule has 0 aromatic heterocycles. The smallest absolute Gasteiger partial charge is 0.338 e. The van der Waals surface area contributed by atoms with Crippen LogP contribution < -0.4 is 10.9 Å². The predicted molar refractivity (Wildman–Crippen MR) is 113 cm³/mol. The Kier molecular flexibility index (Phi) is 6.45. The molecule has 0 unspecified atom stereocenters. The lowest BCUT2D eigenvalue weighted by Gasteiger charge is -2.17. The van der Waals surface area contributed by atoms with E-state index in [0.29, 0.717) is 12.2 Å². The monoisotopic (exact) mass is 451 g/mol. The second-order valence-corrected chi connectivity index (χ2v) is 7.56. The molecule has 2 aromatic rings. The molecule has 2 aliphatic rings. The van der Waals surface area contributed by atoms with Crippen molar-refractivity contribution in [3.63, 3.8) is 0 Å². The van der Waals surface area contributed by atoms with Gasteiger partial charge in [0.15, 0.2) is 6.61 Å². The van der Waals surface area contributed by atoms with Crippen LogP contribution in [-0.4, -0.2) is 60.4 Å². The van der Waals surface area contributed by atoms with Crippen LogP contribution in [0.1, 0.15) is 54.3 Å². The first kappa shape index (κ1) is 22.2. The average molecular weight is 451 g/mol. The van der Waals surface area contributed by atoms with Crippen LogP contribution in [0.5, 0.6) is 0 Å². The minimum Gasteiger partial charge on any atom is -0.452 e. The number of rotatable bonds is 6. The number of hydrazine groups is 1. The summed E-state index contributed by atoms with van der Waals surface area (Å²) in [5.74, 6) is -3.05. The summed E-state index contributed by atoms with van der Waals surface area (Å²) in [6.07, 6.45) is 1.48. The van der Waals surface area contributed by atoms with Gasteiger partial charge in [-0.1, -0.05) is 18.2 Å². The molecule has 0 radical (unpaired) electrons. The summed E-state index contributed by atoms with van der Waals surface area (Å²) in [7, 11) is 0. The van der Waals surface area contributed by atoms with Crippen molar-refractivity contribution in [2.24, 2.45) is 0 Å². The van der Waals surface area contributed by atoms with Crippen LogP contribution in [0, 0.1) is 0 Å². The van der Waals surface area contributed by atoms with E-state index in [-0.39, 0.29) is 29.3 Å². The molecule has 1 saturated heterocycles. The van der Waals surface area contributed by atoms with Gasteiger partial charge in [-0.15, -0.1) is 0 Å². The van der Waals surface area contributed by atoms with Crippen molar-refractivity contribution in [1.82, 2.24) is 15.8 Å². The number of ether oxygens (including phenoxy) is 2. The molecule has 0 aliphatic carbocycles. The van der Waals surface area contributed by atoms with Gasteiger partial charge in [0.25, 0.3) is 23.6 Å². The lowest BCUT2D eigenvalue weighted by atomic mass is 10.1. The number of nitrogens with one attached hydrogen (secondary N) is 2. The molecule has 0 bridgehead atoms. The van der Waals surface area contributed by atoms with Gasteiger partial charge in [0, 0.05) is 12.2 Å². The van der Waals surface area contributed by atoms with Crippen LogP contribution in [0.3, 0.4) is 0 Å². The Morgan fingerprint density at radius 3 is 2.45 bits per heavy atom. The number of fused-ring (bicyclic) bond motifs is 1. The zero-order chi connectivity index (χ0) is 23.4. The van der Waals surface area contributed by atoms with Gasteiger partial charge in [-0.3, -0.25) is 34.9 Å². The molecule has 10 nitrogen and oxygen atoms in total. The van der Waals surface area contributed by atoms with Gasteiger partial charge in [0.2, 0.25) is 0 Å². The van der Waals surface area contributed by atoms with Gasteiger partial charge in [-0.2, -0.15) is 0 Å². The number of imide groups is 1. The largest absolute Gasteiger partial charge is 0.452 e. The molecule has 2 N–H and O–H groups in total. The number of esters is 1. The van der Waals surface area contributed by atoms with Gasteiger partial charge >= 0.3 is 5.97 Å². The quantitative estimate of drug-likeness (QED) is 0.382. The zero-order valence-corrected chi connectivity index (χ0v) is 17.5. The van der Waals surface area contributed by atoms with E-state index >= 15 is 0 Å². The Labute approximate surface area is 188 Å². The van der Waals surface area contributed by atoms with Crippen molar-refractivity contribution >= 4 is 29.6 Å². The summed E-state index contributed by atoms with van der Waals surface area (Å²) in [5.41, 5.74) is 5.04. The first-order valence-electron chi connectivity index (χ1n) is 10.4. The van der Waals surface area contributed by atoms with Crippen LogP contribution in [0.15, 0.2) is 48.5 Å². The van der Waals surface area contributed by atoms with Gasteiger partial charge in [0.1, 0.15) is 0 Å². The van der Waals surface area contributed by atoms with E-state index in [9.17, 15) is 24.0 Å². The fraction of sp³-hybridized carbons (Fsp3) is 0.261. The van der Waals surface area contributed by atoms with Crippen LogP contribution in [-0.2, 0) is 14.3 Å². The summed E-state index contributed by atoms with van der Waals surface area (Å²) in [4.78, 5) is 62.5. The number of carbonyl (C=O) groups is 5. The maximum Gasteiger partial charge on any atom is 0.338 e. The average Bonchev–Trinajstić information content (AvgIpc) is 3.44. The zero-order valence-electron chi connectivity index (χ0n) is 17.5. The van der Waals surface area contributed by atoms with E-state index in [0.717, 1.165) is 17.7 Å². The number of benzene rings is 2. The van der Waals surface area contributed by atoms with E-state index in [2.05, 4.69) is 10.9 Å². The SMILES string of the molecule is O=C(COC(=O)c1ccc2c(c1)C(=O)N(C[C@@H]1CCCO1)C2=O)NNC(=O)c1ccccc1. The highest BCUT2D eigenvalue weighted by Crippen LogP contribution is 2.26. The third-order valence-electron chi connectivity index (χ3n) is 5.30. The molecule has 170 valence electrons. The van der Waals surface area contributed by atoms with Crippen LogP contribution >= 0.6 is 0 Å². The minimum atomic E-state index is -0.847. The lowest BCUT2D eigenvalue weighted by Crippen LogP contribution is -2.43. The highest BCUT2D eigenvalue weighted by atomic mass is 16.5. The normalized spacial score (nSPS) is 17.0. The highest BCUT2D eigenvalue weighted by Gasteiger charge is 2.38. The van der Waals surface area contributed by atoms with E-state index < -0.39 is 36.2 Å². The van der Waals surface area contributed by atoms with Crippen LogP contribution in [0.25, 0.3) is 0 Å². The van der Waals surface area contributed by atoms with Crippen molar-refractivity contribution in [3.8, 4) is 0 Å². The first-order valence-corrected chi connectivity index (χ1v) is 10.4. The topological polar surface area (TPSA) is 131 Å². The van der Waals surface area contributed by atoms with Crippen molar-refractivity contribution in [3.05, 3.63) is 70.8 Å². The summed E-state index contributed by atoms with van der Waals surface area (Å²) in [5, 5.41) is 0. The Bertz CT molecular complexity index is 1110. The standard InChI is InChI=1S/C23H21N3O7/c27-19(24-25-20(28)14-5-2-1-3-6-14)13-33-23(31)15-8-9-17-18(11-15)22(30)26(21(17)29)12-16-7-4-10-32-16/h1-3,5-6,8-9,11,16H,4,7,10,12-13H2,(H,24,27)(H,25,28)/t16-/m0/s1. The number of carbonyl (C=O) groups excluding carboxylic acids is 5. The molecule has 0 spiro atoms. The molecule has 1 atom stereocenters. The minimum absolute atomic E-state index is 0.0231. The fourth-order valence-corrected chi connectivity index (χ4v) is 3.61. The molecule has 1 fully saturated rings. The molecule has 10 heteroatoms. The Hall–Kier alpha value is -4.05. The third-order valence-corrected chi connectivity index (χ3v) is 5.30. The number of amides is 4.